The zero-order valence-electron chi connectivity index (χ0n) is 10.6. The number of nitrogens with two attached hydrogens (primary N) is 1. The molecule has 5 nitrogen and oxygen atoms in total. The molecule has 1 aromatic carbocycles. The molecule has 6 heteroatoms. The lowest BCUT2D eigenvalue weighted by Gasteiger charge is -2.11. The number of H-pyrrole nitrogens is 1. The van der Waals surface area contributed by atoms with E-state index in [0.29, 0.717) is 10.8 Å². The minimum absolute atomic E-state index is 0.0593. The Bertz CT molecular complexity index is 595. The third-order valence-electron chi connectivity index (χ3n) is 2.62. The number of aromatic nitrogens is 3. The van der Waals surface area contributed by atoms with E-state index in [0.717, 1.165) is 10.5 Å². The van der Waals surface area contributed by atoms with Gasteiger partial charge in [-0.15, -0.1) is 5.10 Å². The second kappa shape index (κ2) is 4.89. The summed E-state index contributed by atoms with van der Waals surface area (Å²) in [6.45, 7) is 5.88. The van der Waals surface area contributed by atoms with E-state index in [4.69, 9.17) is 5.73 Å². The molecular weight excluding hydrogens is 248 g/mol. The van der Waals surface area contributed by atoms with Crippen molar-refractivity contribution in [1.29, 1.82) is 0 Å². The number of aryl methyl sites for hydroxylation is 1. The van der Waals surface area contributed by atoms with Gasteiger partial charge in [0.2, 0.25) is 0 Å². The lowest BCUT2D eigenvalue weighted by Crippen LogP contribution is -2.19. The first-order chi connectivity index (χ1) is 8.50. The van der Waals surface area contributed by atoms with Crippen molar-refractivity contribution < 1.29 is 0 Å². The van der Waals surface area contributed by atoms with Gasteiger partial charge in [-0.3, -0.25) is 4.57 Å². The Hall–Kier alpha value is -1.69. The van der Waals surface area contributed by atoms with E-state index in [2.05, 4.69) is 10.2 Å². The van der Waals surface area contributed by atoms with Crippen molar-refractivity contribution in [3.05, 3.63) is 34.2 Å². The van der Waals surface area contributed by atoms with Gasteiger partial charge >= 0.3 is 5.69 Å². The zero-order chi connectivity index (χ0) is 13.3. The predicted octanol–water partition coefficient (Wildman–Crippen LogP) is 2.19. The number of anilines is 1. The molecule has 0 amide bonds. The van der Waals surface area contributed by atoms with Crippen LogP contribution >= 0.6 is 11.8 Å². The van der Waals surface area contributed by atoms with Gasteiger partial charge < -0.3 is 5.73 Å². The third kappa shape index (κ3) is 2.28. The van der Waals surface area contributed by atoms with Crippen molar-refractivity contribution in [2.24, 2.45) is 0 Å². The van der Waals surface area contributed by atoms with E-state index >= 15 is 0 Å². The standard InChI is InChI=1S/C12H16N4OS/c1-7(2)16-11(17)14-15-12(16)18-10-8(3)5-4-6-9(10)13/h4-7H,13H2,1-3H3,(H,14,17). The van der Waals surface area contributed by atoms with Crippen LogP contribution in [0.5, 0.6) is 0 Å². The monoisotopic (exact) mass is 264 g/mol. The highest BCUT2D eigenvalue weighted by Crippen LogP contribution is 2.33. The quantitative estimate of drug-likeness (QED) is 0.833. The summed E-state index contributed by atoms with van der Waals surface area (Å²) in [7, 11) is 0. The summed E-state index contributed by atoms with van der Waals surface area (Å²) in [4.78, 5) is 12.6. The first kappa shape index (κ1) is 12.8. The van der Waals surface area contributed by atoms with Gasteiger partial charge in [-0.2, -0.15) is 0 Å². The molecule has 0 aliphatic carbocycles. The minimum Gasteiger partial charge on any atom is -0.398 e. The first-order valence-corrected chi connectivity index (χ1v) is 6.52. The van der Waals surface area contributed by atoms with E-state index in [1.54, 1.807) is 4.57 Å². The van der Waals surface area contributed by atoms with Crippen LogP contribution in [0.3, 0.4) is 0 Å². The van der Waals surface area contributed by atoms with Crippen LogP contribution in [0.25, 0.3) is 0 Å². The molecule has 0 saturated carbocycles. The van der Waals surface area contributed by atoms with Gasteiger partial charge in [0, 0.05) is 16.6 Å². The van der Waals surface area contributed by atoms with Crippen LogP contribution in [0.1, 0.15) is 25.5 Å². The van der Waals surface area contributed by atoms with Gasteiger partial charge in [0.25, 0.3) is 0 Å². The highest BCUT2D eigenvalue weighted by atomic mass is 32.2. The van der Waals surface area contributed by atoms with Gasteiger partial charge in [-0.25, -0.2) is 9.89 Å². The van der Waals surface area contributed by atoms with Gasteiger partial charge in [0.1, 0.15) is 0 Å². The number of aromatic amines is 1. The molecule has 0 fully saturated rings. The smallest absolute Gasteiger partial charge is 0.344 e. The largest absolute Gasteiger partial charge is 0.398 e. The lowest BCUT2D eigenvalue weighted by molar-refractivity contribution is 0.534. The third-order valence-corrected chi connectivity index (χ3v) is 3.86. The molecule has 1 heterocycles. The Kier molecular flexibility index (Phi) is 3.47. The van der Waals surface area contributed by atoms with Crippen molar-refractivity contribution in [1.82, 2.24) is 14.8 Å². The van der Waals surface area contributed by atoms with Gasteiger partial charge in [-0.1, -0.05) is 12.1 Å². The number of rotatable bonds is 3. The molecule has 2 rings (SSSR count). The molecule has 1 aromatic heterocycles. The highest BCUT2D eigenvalue weighted by Gasteiger charge is 2.14. The summed E-state index contributed by atoms with van der Waals surface area (Å²) in [5, 5.41) is 7.16. The summed E-state index contributed by atoms with van der Waals surface area (Å²) in [6, 6.07) is 5.81. The topological polar surface area (TPSA) is 76.7 Å². The summed E-state index contributed by atoms with van der Waals surface area (Å²) >= 11 is 1.41. The minimum atomic E-state index is -0.195. The second-order valence-electron chi connectivity index (χ2n) is 4.37. The van der Waals surface area contributed by atoms with E-state index in [1.807, 2.05) is 39.0 Å². The van der Waals surface area contributed by atoms with E-state index in [9.17, 15) is 4.79 Å². The maximum absolute atomic E-state index is 11.6. The molecule has 0 atom stereocenters. The number of hydrogen-bond acceptors (Lipinski definition) is 4. The fourth-order valence-corrected chi connectivity index (χ4v) is 2.80. The Balaban J connectivity index is 2.44. The van der Waals surface area contributed by atoms with E-state index in [1.165, 1.54) is 11.8 Å². The molecule has 96 valence electrons. The summed E-state index contributed by atoms with van der Waals surface area (Å²) in [5.74, 6) is 0. The molecule has 0 saturated heterocycles. The fraction of sp³-hybridized carbons (Fsp3) is 0.333. The number of nitrogens with one attached hydrogen (secondary N) is 1. The van der Waals surface area contributed by atoms with Crippen LogP contribution in [-0.2, 0) is 0 Å². The fourth-order valence-electron chi connectivity index (χ4n) is 1.72. The normalized spacial score (nSPS) is 11.1. The van der Waals surface area contributed by atoms with Crippen molar-refractivity contribution in [2.75, 3.05) is 5.73 Å². The maximum atomic E-state index is 11.6. The average molecular weight is 264 g/mol. The van der Waals surface area contributed by atoms with Crippen molar-refractivity contribution in [2.45, 2.75) is 36.9 Å². The van der Waals surface area contributed by atoms with Crippen LogP contribution in [0.15, 0.2) is 33.0 Å². The average Bonchev–Trinajstić information content (AvgIpc) is 2.65. The molecular formula is C12H16N4OS. The molecule has 18 heavy (non-hydrogen) atoms. The summed E-state index contributed by atoms with van der Waals surface area (Å²) in [5.41, 5.74) is 7.54. The van der Waals surface area contributed by atoms with Crippen molar-refractivity contribution >= 4 is 17.4 Å². The first-order valence-electron chi connectivity index (χ1n) is 5.70. The Morgan fingerprint density at radius 1 is 1.44 bits per heavy atom. The summed E-state index contributed by atoms with van der Waals surface area (Å²) in [6.07, 6.45) is 0. The highest BCUT2D eigenvalue weighted by molar-refractivity contribution is 7.99. The SMILES string of the molecule is Cc1cccc(N)c1Sc1n[nH]c(=O)n1C(C)C. The van der Waals surface area contributed by atoms with Crippen LogP contribution in [0.2, 0.25) is 0 Å². The van der Waals surface area contributed by atoms with Gasteiger partial charge in [0.15, 0.2) is 5.16 Å². The van der Waals surface area contributed by atoms with E-state index in [-0.39, 0.29) is 11.7 Å². The molecule has 0 spiro atoms. The molecule has 0 bridgehead atoms. The maximum Gasteiger partial charge on any atom is 0.344 e. The van der Waals surface area contributed by atoms with Crippen molar-refractivity contribution in [3.63, 3.8) is 0 Å². The second-order valence-corrected chi connectivity index (χ2v) is 5.35. The van der Waals surface area contributed by atoms with Crippen molar-refractivity contribution in [3.8, 4) is 0 Å². The molecule has 0 aliphatic heterocycles. The summed E-state index contributed by atoms with van der Waals surface area (Å²) < 4.78 is 1.62. The Morgan fingerprint density at radius 2 is 2.17 bits per heavy atom. The van der Waals surface area contributed by atoms with Crippen LogP contribution in [-0.4, -0.2) is 14.8 Å². The number of benzene rings is 1. The van der Waals surface area contributed by atoms with Crippen LogP contribution in [0.4, 0.5) is 5.69 Å². The van der Waals surface area contributed by atoms with Gasteiger partial charge in [0.05, 0.1) is 0 Å². The number of nitrogens with zero attached hydrogens (tertiary/aromatic N) is 2. The molecule has 0 radical (unpaired) electrons. The number of hydrogen-bond donors (Lipinski definition) is 2. The molecule has 0 unspecified atom stereocenters. The Labute approximate surface area is 109 Å². The van der Waals surface area contributed by atoms with Gasteiger partial charge in [-0.05, 0) is 44.2 Å². The molecule has 2 aromatic rings. The molecule has 0 aliphatic rings. The lowest BCUT2D eigenvalue weighted by atomic mass is 10.2. The predicted molar refractivity (Wildman–Crippen MR) is 72.9 cm³/mol. The Morgan fingerprint density at radius 3 is 2.78 bits per heavy atom. The number of nitrogen functional groups attached to an aromatic ring is 1. The zero-order valence-corrected chi connectivity index (χ0v) is 11.4. The molecule has 3 N–H and O–H groups in total. The van der Waals surface area contributed by atoms with Crippen LogP contribution in [0, 0.1) is 6.92 Å². The van der Waals surface area contributed by atoms with E-state index < -0.39 is 0 Å². The van der Waals surface area contributed by atoms with Crippen LogP contribution < -0.4 is 11.4 Å².